The van der Waals surface area contributed by atoms with Crippen LogP contribution in [-0.2, 0) is 0 Å². The lowest BCUT2D eigenvalue weighted by Crippen LogP contribution is -2.31. The van der Waals surface area contributed by atoms with Crippen LogP contribution in [-0.4, -0.2) is 25.9 Å². The molecule has 0 aliphatic rings. The van der Waals surface area contributed by atoms with Crippen molar-refractivity contribution in [2.24, 2.45) is 0 Å². The van der Waals surface area contributed by atoms with Crippen molar-refractivity contribution in [2.45, 2.75) is 6.18 Å². The zero-order valence-electron chi connectivity index (χ0n) is 8.65. The first-order chi connectivity index (χ1) is 7.88. The quantitative estimate of drug-likeness (QED) is 0.657. The summed E-state index contributed by atoms with van der Waals surface area (Å²) in [6, 6.07) is 3.55. The molecule has 0 radical (unpaired) electrons. The molecular formula is C10H10ClF4NO. The molecule has 1 rings (SSSR count). The van der Waals surface area contributed by atoms with E-state index in [2.05, 4.69) is 5.32 Å². The molecule has 1 N–H and O–H groups in total. The highest BCUT2D eigenvalue weighted by molar-refractivity contribution is 6.32. The summed E-state index contributed by atoms with van der Waals surface area (Å²) in [6.07, 6.45) is -4.24. The van der Waals surface area contributed by atoms with E-state index in [9.17, 15) is 17.6 Å². The molecule has 2 nitrogen and oxygen atoms in total. The number of halogens is 5. The van der Waals surface area contributed by atoms with Crippen LogP contribution in [0.3, 0.4) is 0 Å². The molecule has 0 atom stereocenters. The van der Waals surface area contributed by atoms with Crippen LogP contribution in [0.5, 0.6) is 5.75 Å². The summed E-state index contributed by atoms with van der Waals surface area (Å²) in [7, 11) is 0. The van der Waals surface area contributed by atoms with Crippen molar-refractivity contribution in [2.75, 3.05) is 19.7 Å². The lowest BCUT2D eigenvalue weighted by molar-refractivity contribution is -0.124. The minimum atomic E-state index is -4.24. The Morgan fingerprint density at radius 3 is 2.59 bits per heavy atom. The molecule has 0 bridgehead atoms. The zero-order chi connectivity index (χ0) is 12.9. The Balaban J connectivity index is 2.27. The van der Waals surface area contributed by atoms with Crippen LogP contribution in [0.15, 0.2) is 18.2 Å². The molecule has 0 saturated carbocycles. The Kier molecular flexibility index (Phi) is 5.02. The van der Waals surface area contributed by atoms with Gasteiger partial charge >= 0.3 is 6.18 Å². The number of benzene rings is 1. The molecule has 7 heteroatoms. The van der Waals surface area contributed by atoms with Crippen molar-refractivity contribution >= 4 is 11.6 Å². The monoisotopic (exact) mass is 271 g/mol. The average Bonchev–Trinajstić information content (AvgIpc) is 2.18. The number of ether oxygens (including phenoxy) is 1. The molecule has 0 saturated heterocycles. The van der Waals surface area contributed by atoms with E-state index < -0.39 is 18.5 Å². The van der Waals surface area contributed by atoms with Crippen LogP contribution in [0.2, 0.25) is 5.02 Å². The van der Waals surface area contributed by atoms with Gasteiger partial charge in [0.15, 0.2) is 0 Å². The minimum absolute atomic E-state index is 0.0153. The summed E-state index contributed by atoms with van der Waals surface area (Å²) >= 11 is 5.65. The SMILES string of the molecule is Fc1ccc(OCCNCC(F)(F)F)c(Cl)c1. The molecular weight excluding hydrogens is 262 g/mol. The van der Waals surface area contributed by atoms with Crippen LogP contribution in [0.1, 0.15) is 0 Å². The first-order valence-corrected chi connectivity index (χ1v) is 5.11. The molecule has 0 aromatic heterocycles. The molecule has 1 aromatic carbocycles. The molecule has 0 fully saturated rings. The lowest BCUT2D eigenvalue weighted by Gasteiger charge is -2.10. The highest BCUT2D eigenvalue weighted by Crippen LogP contribution is 2.24. The zero-order valence-corrected chi connectivity index (χ0v) is 9.41. The Labute approximate surface area is 101 Å². The Morgan fingerprint density at radius 1 is 1.29 bits per heavy atom. The third-order valence-electron chi connectivity index (χ3n) is 1.76. The van der Waals surface area contributed by atoms with E-state index in [-0.39, 0.29) is 23.9 Å². The van der Waals surface area contributed by atoms with Crippen LogP contribution in [0.25, 0.3) is 0 Å². The highest BCUT2D eigenvalue weighted by atomic mass is 35.5. The van der Waals surface area contributed by atoms with Gasteiger partial charge in [0, 0.05) is 6.54 Å². The van der Waals surface area contributed by atoms with Crippen molar-refractivity contribution in [3.05, 3.63) is 29.0 Å². The first kappa shape index (κ1) is 14.1. The molecule has 17 heavy (non-hydrogen) atoms. The largest absolute Gasteiger partial charge is 0.491 e. The van der Waals surface area contributed by atoms with E-state index in [1.54, 1.807) is 0 Å². The van der Waals surface area contributed by atoms with Gasteiger partial charge in [-0.3, -0.25) is 0 Å². The van der Waals surface area contributed by atoms with Gasteiger partial charge in [-0.25, -0.2) is 4.39 Å². The van der Waals surface area contributed by atoms with Gasteiger partial charge in [-0.05, 0) is 18.2 Å². The molecule has 96 valence electrons. The fraction of sp³-hybridized carbons (Fsp3) is 0.400. The second-order valence-corrected chi connectivity index (χ2v) is 3.62. The Morgan fingerprint density at radius 2 is 2.00 bits per heavy atom. The average molecular weight is 272 g/mol. The molecule has 1 aromatic rings. The van der Waals surface area contributed by atoms with Crippen molar-refractivity contribution in [1.82, 2.24) is 5.32 Å². The first-order valence-electron chi connectivity index (χ1n) is 4.74. The lowest BCUT2D eigenvalue weighted by atomic mass is 10.3. The topological polar surface area (TPSA) is 21.3 Å². The highest BCUT2D eigenvalue weighted by Gasteiger charge is 2.25. The van der Waals surface area contributed by atoms with Gasteiger partial charge in [-0.2, -0.15) is 13.2 Å². The summed E-state index contributed by atoms with van der Waals surface area (Å²) in [4.78, 5) is 0. The number of alkyl halides is 3. The third-order valence-corrected chi connectivity index (χ3v) is 2.05. The number of nitrogens with one attached hydrogen (secondary N) is 1. The van der Waals surface area contributed by atoms with E-state index in [0.717, 1.165) is 12.1 Å². The predicted octanol–water partition coefficient (Wildman–Crippen LogP) is 3.01. The Hall–Kier alpha value is -1.01. The molecule has 0 spiro atoms. The van der Waals surface area contributed by atoms with E-state index >= 15 is 0 Å². The summed E-state index contributed by atoms with van der Waals surface area (Å²) in [5.74, 6) is -0.264. The summed E-state index contributed by atoms with van der Waals surface area (Å²) < 4.78 is 53.0. The normalized spacial score (nSPS) is 11.6. The Bertz CT molecular complexity index is 370. The van der Waals surface area contributed by atoms with E-state index in [4.69, 9.17) is 16.3 Å². The van der Waals surface area contributed by atoms with E-state index in [1.807, 2.05) is 0 Å². The van der Waals surface area contributed by atoms with Crippen molar-refractivity contribution in [3.63, 3.8) is 0 Å². The predicted molar refractivity (Wildman–Crippen MR) is 55.8 cm³/mol. The van der Waals surface area contributed by atoms with E-state index in [0.29, 0.717) is 0 Å². The maximum Gasteiger partial charge on any atom is 0.401 e. The smallest absolute Gasteiger partial charge is 0.401 e. The van der Waals surface area contributed by atoms with Crippen LogP contribution >= 0.6 is 11.6 Å². The number of hydrogen-bond acceptors (Lipinski definition) is 2. The van der Waals surface area contributed by atoms with Gasteiger partial charge in [0.25, 0.3) is 0 Å². The minimum Gasteiger partial charge on any atom is -0.491 e. The maximum absolute atomic E-state index is 12.6. The summed E-state index contributed by atoms with van der Waals surface area (Å²) in [6.45, 7) is -1.04. The van der Waals surface area contributed by atoms with Crippen LogP contribution in [0, 0.1) is 5.82 Å². The number of hydrogen-bond donors (Lipinski definition) is 1. The molecule has 0 aliphatic carbocycles. The second-order valence-electron chi connectivity index (χ2n) is 3.22. The molecule has 0 aliphatic heterocycles. The fourth-order valence-corrected chi connectivity index (χ4v) is 1.28. The van der Waals surface area contributed by atoms with Gasteiger partial charge < -0.3 is 10.1 Å². The van der Waals surface area contributed by atoms with Crippen molar-refractivity contribution < 1.29 is 22.3 Å². The molecule has 0 unspecified atom stereocenters. The summed E-state index contributed by atoms with van der Waals surface area (Å²) in [5, 5.41) is 2.24. The second kappa shape index (κ2) is 6.07. The van der Waals surface area contributed by atoms with Gasteiger partial charge in [0.1, 0.15) is 18.2 Å². The van der Waals surface area contributed by atoms with Crippen LogP contribution < -0.4 is 10.1 Å². The van der Waals surface area contributed by atoms with Crippen molar-refractivity contribution in [3.8, 4) is 5.75 Å². The van der Waals surface area contributed by atoms with Gasteiger partial charge in [-0.15, -0.1) is 0 Å². The summed E-state index contributed by atoms with van der Waals surface area (Å²) in [5.41, 5.74) is 0. The maximum atomic E-state index is 12.6. The standard InChI is InChI=1S/C10H10ClF4NO/c11-8-5-7(12)1-2-9(8)17-4-3-16-6-10(13,14)15/h1-2,5,16H,3-4,6H2. The molecule has 0 heterocycles. The molecule has 0 amide bonds. The van der Waals surface area contributed by atoms with Gasteiger partial charge in [0.05, 0.1) is 11.6 Å². The number of rotatable bonds is 5. The fourth-order valence-electron chi connectivity index (χ4n) is 1.06. The van der Waals surface area contributed by atoms with Gasteiger partial charge in [-0.1, -0.05) is 11.6 Å². The third kappa shape index (κ3) is 5.74. The van der Waals surface area contributed by atoms with Gasteiger partial charge in [0.2, 0.25) is 0 Å². The van der Waals surface area contributed by atoms with E-state index in [1.165, 1.54) is 6.07 Å². The van der Waals surface area contributed by atoms with Crippen LogP contribution in [0.4, 0.5) is 17.6 Å². The van der Waals surface area contributed by atoms with Crippen molar-refractivity contribution in [1.29, 1.82) is 0 Å².